The number of esters is 2. The Morgan fingerprint density at radius 1 is 0.967 bits per heavy atom. The van der Waals surface area contributed by atoms with Gasteiger partial charge in [-0.2, -0.15) is 5.26 Å². The molecule has 0 amide bonds. The van der Waals surface area contributed by atoms with E-state index in [4.69, 9.17) is 21.1 Å². The van der Waals surface area contributed by atoms with Crippen molar-refractivity contribution in [1.29, 1.82) is 5.26 Å². The number of rotatable bonds is 4. The molecule has 0 spiro atoms. The maximum Gasteiger partial charge on any atom is 0.355 e. The van der Waals surface area contributed by atoms with Crippen molar-refractivity contribution in [2.24, 2.45) is 0 Å². The Hall–Kier alpha value is -3.82. The van der Waals surface area contributed by atoms with Crippen molar-refractivity contribution in [1.82, 2.24) is 0 Å². The van der Waals surface area contributed by atoms with Gasteiger partial charge in [0.1, 0.15) is 11.8 Å². The van der Waals surface area contributed by atoms with Crippen molar-refractivity contribution in [3.8, 4) is 17.2 Å². The molecular formula is C23H17ClN2O4. The zero-order valence-corrected chi connectivity index (χ0v) is 17.0. The van der Waals surface area contributed by atoms with Gasteiger partial charge in [0.2, 0.25) is 0 Å². The van der Waals surface area contributed by atoms with E-state index in [-0.39, 0.29) is 11.3 Å². The van der Waals surface area contributed by atoms with Crippen LogP contribution in [0, 0.1) is 11.3 Å². The summed E-state index contributed by atoms with van der Waals surface area (Å²) in [6.07, 6.45) is 6.29. The van der Waals surface area contributed by atoms with Crippen molar-refractivity contribution in [3.63, 3.8) is 0 Å². The second kappa shape index (κ2) is 9.12. The molecule has 1 aliphatic heterocycles. The first-order valence-corrected chi connectivity index (χ1v) is 9.23. The normalized spacial score (nSPS) is 12.9. The zero-order chi connectivity index (χ0) is 21.7. The van der Waals surface area contributed by atoms with Gasteiger partial charge in [0.25, 0.3) is 0 Å². The fourth-order valence-electron chi connectivity index (χ4n) is 3.01. The lowest BCUT2D eigenvalue weighted by Gasteiger charge is -2.24. The average molecular weight is 421 g/mol. The van der Waals surface area contributed by atoms with Crippen LogP contribution in [-0.2, 0) is 19.1 Å². The number of methoxy groups -OCH3 is 2. The van der Waals surface area contributed by atoms with Gasteiger partial charge in [-0.3, -0.25) is 0 Å². The molecule has 6 nitrogen and oxygen atoms in total. The number of carbonyl (C=O) groups excluding carboxylic acids is 2. The summed E-state index contributed by atoms with van der Waals surface area (Å²) in [7, 11) is 2.44. The molecule has 0 radical (unpaired) electrons. The third-order valence-corrected chi connectivity index (χ3v) is 4.70. The molecule has 0 saturated heterocycles. The second-order valence-corrected chi connectivity index (χ2v) is 6.60. The lowest BCUT2D eigenvalue weighted by atomic mass is 10.0. The van der Waals surface area contributed by atoms with Crippen molar-refractivity contribution < 1.29 is 19.1 Å². The fraction of sp³-hybridized carbons (Fsp3) is 0.0870. The molecule has 1 heterocycles. The molecule has 0 fully saturated rings. The van der Waals surface area contributed by atoms with Gasteiger partial charge in [-0.15, -0.1) is 0 Å². The highest BCUT2D eigenvalue weighted by Crippen LogP contribution is 2.32. The van der Waals surface area contributed by atoms with Gasteiger partial charge in [0.05, 0.1) is 31.0 Å². The Balaban J connectivity index is 2.17. The highest BCUT2D eigenvalue weighted by Gasteiger charge is 2.28. The van der Waals surface area contributed by atoms with E-state index >= 15 is 0 Å². The van der Waals surface area contributed by atoms with E-state index in [1.807, 2.05) is 18.2 Å². The van der Waals surface area contributed by atoms with Crippen molar-refractivity contribution >= 4 is 29.2 Å². The average Bonchev–Trinajstić information content (AvgIpc) is 3.01. The van der Waals surface area contributed by atoms with E-state index in [9.17, 15) is 14.9 Å². The largest absolute Gasteiger partial charge is 0.465 e. The van der Waals surface area contributed by atoms with Gasteiger partial charge in [0.15, 0.2) is 0 Å². The van der Waals surface area contributed by atoms with Gasteiger partial charge in [-0.05, 0) is 47.5 Å². The number of allylic oxidation sites excluding steroid dienone is 2. The Morgan fingerprint density at radius 2 is 1.63 bits per heavy atom. The van der Waals surface area contributed by atoms with Gasteiger partial charge in [0, 0.05) is 11.2 Å². The predicted molar refractivity (Wildman–Crippen MR) is 113 cm³/mol. The first kappa shape index (κ1) is 20.9. The summed E-state index contributed by atoms with van der Waals surface area (Å²) in [4.78, 5) is 26.3. The summed E-state index contributed by atoms with van der Waals surface area (Å²) in [5.74, 6) is -1.44. The summed E-state index contributed by atoms with van der Waals surface area (Å²) in [6, 6.07) is 14.6. The molecule has 0 aromatic heterocycles. The van der Waals surface area contributed by atoms with E-state index in [0.717, 1.165) is 11.1 Å². The maximum atomic E-state index is 12.6. The monoisotopic (exact) mass is 420 g/mol. The van der Waals surface area contributed by atoms with Crippen LogP contribution >= 0.6 is 11.6 Å². The Kier molecular flexibility index (Phi) is 6.35. The summed E-state index contributed by atoms with van der Waals surface area (Å²) < 4.78 is 9.70. The predicted octanol–water partition coefficient (Wildman–Crippen LogP) is 4.37. The topological polar surface area (TPSA) is 79.6 Å². The summed E-state index contributed by atoms with van der Waals surface area (Å²) in [5, 5.41) is 10.4. The molecule has 150 valence electrons. The number of nitrogens with zero attached hydrogens (tertiary/aromatic N) is 2. The highest BCUT2D eigenvalue weighted by molar-refractivity contribution is 6.30. The number of ether oxygens (including phenoxy) is 2. The molecule has 1 aliphatic rings. The molecule has 0 aliphatic carbocycles. The standard InChI is InChI=1S/C23H17ClN2O4/c1-29-22(27)19-5-3-4-12-26(21(19)23(28)30-2)20-11-8-16(13-17(20)14-25)15-6-9-18(24)10-7-15/h3-13H,1-2H3. The number of halogens is 1. The molecule has 0 bridgehead atoms. The number of hydrogen-bond acceptors (Lipinski definition) is 6. The summed E-state index contributed by atoms with van der Waals surface area (Å²) in [5.41, 5.74) is 2.37. The van der Waals surface area contributed by atoms with Crippen LogP contribution in [0.1, 0.15) is 5.56 Å². The molecule has 0 N–H and O–H groups in total. The van der Waals surface area contributed by atoms with E-state index < -0.39 is 11.9 Å². The highest BCUT2D eigenvalue weighted by atomic mass is 35.5. The number of nitriles is 1. The third-order valence-electron chi connectivity index (χ3n) is 4.44. The van der Waals surface area contributed by atoms with Crippen LogP contribution in [0.25, 0.3) is 11.1 Å². The van der Waals surface area contributed by atoms with Gasteiger partial charge in [-0.25, -0.2) is 9.59 Å². The van der Waals surface area contributed by atoms with Crippen LogP contribution in [0.3, 0.4) is 0 Å². The van der Waals surface area contributed by atoms with Crippen LogP contribution in [0.2, 0.25) is 5.02 Å². The quantitative estimate of drug-likeness (QED) is 0.683. The first-order chi connectivity index (χ1) is 14.5. The molecule has 0 saturated carbocycles. The van der Waals surface area contributed by atoms with Crippen LogP contribution in [-0.4, -0.2) is 26.2 Å². The third kappa shape index (κ3) is 4.12. The van der Waals surface area contributed by atoms with E-state index in [1.54, 1.807) is 42.6 Å². The van der Waals surface area contributed by atoms with Gasteiger partial charge >= 0.3 is 11.9 Å². The van der Waals surface area contributed by atoms with Crippen LogP contribution in [0.4, 0.5) is 5.69 Å². The van der Waals surface area contributed by atoms with Gasteiger partial charge < -0.3 is 14.4 Å². The van der Waals surface area contributed by atoms with E-state index in [2.05, 4.69) is 6.07 Å². The smallest absolute Gasteiger partial charge is 0.355 e. The second-order valence-electron chi connectivity index (χ2n) is 6.17. The molecule has 30 heavy (non-hydrogen) atoms. The minimum absolute atomic E-state index is 0.0139. The molecule has 0 atom stereocenters. The van der Waals surface area contributed by atoms with Crippen molar-refractivity contribution in [2.45, 2.75) is 0 Å². The molecule has 3 rings (SSSR count). The Morgan fingerprint density at radius 3 is 2.27 bits per heavy atom. The number of anilines is 1. The van der Waals surface area contributed by atoms with Crippen molar-refractivity contribution in [3.05, 3.63) is 88.7 Å². The number of carbonyl (C=O) groups is 2. The first-order valence-electron chi connectivity index (χ1n) is 8.85. The Bertz CT molecular complexity index is 1120. The van der Waals surface area contributed by atoms with Crippen LogP contribution < -0.4 is 4.90 Å². The SMILES string of the molecule is COC(=O)C1=C(C(=O)OC)N(c2ccc(-c3ccc(Cl)cc3)cc2C#N)C=CC=C1. The maximum absolute atomic E-state index is 12.6. The van der Waals surface area contributed by atoms with Crippen LogP contribution in [0.5, 0.6) is 0 Å². The molecule has 2 aromatic carbocycles. The van der Waals surface area contributed by atoms with E-state index in [1.165, 1.54) is 25.2 Å². The van der Waals surface area contributed by atoms with E-state index in [0.29, 0.717) is 16.3 Å². The number of hydrogen-bond donors (Lipinski definition) is 0. The van der Waals surface area contributed by atoms with Crippen LogP contribution in [0.15, 0.2) is 78.2 Å². The lowest BCUT2D eigenvalue weighted by Crippen LogP contribution is -2.27. The summed E-state index contributed by atoms with van der Waals surface area (Å²) >= 11 is 5.95. The minimum atomic E-state index is -0.739. The molecule has 2 aromatic rings. The zero-order valence-electron chi connectivity index (χ0n) is 16.3. The molecular weight excluding hydrogens is 404 g/mol. The Labute approximate surface area is 178 Å². The van der Waals surface area contributed by atoms with Crippen molar-refractivity contribution in [2.75, 3.05) is 19.1 Å². The lowest BCUT2D eigenvalue weighted by molar-refractivity contribution is -0.139. The van der Waals surface area contributed by atoms with Gasteiger partial charge in [-0.1, -0.05) is 35.9 Å². The minimum Gasteiger partial charge on any atom is -0.465 e. The number of benzene rings is 2. The molecule has 0 unspecified atom stereocenters. The summed E-state index contributed by atoms with van der Waals surface area (Å²) in [6.45, 7) is 0. The molecule has 7 heteroatoms. The fourth-order valence-corrected chi connectivity index (χ4v) is 3.13.